The van der Waals surface area contributed by atoms with Crippen LogP contribution < -0.4 is 11.0 Å². The first kappa shape index (κ1) is 7.81. The molecule has 4 heteroatoms. The number of nitrogens with one attached hydrogen (secondary N) is 1. The van der Waals surface area contributed by atoms with Gasteiger partial charge in [0.15, 0.2) is 0 Å². The molecule has 0 spiro atoms. The molecule has 0 unspecified atom stereocenters. The Bertz CT molecular complexity index is 119. The van der Waals surface area contributed by atoms with E-state index in [-0.39, 0.29) is 0 Å². The van der Waals surface area contributed by atoms with Gasteiger partial charge in [0.05, 0.1) is 0 Å². The zero-order valence-electron chi connectivity index (χ0n) is 5.12. The normalized spacial score (nSPS) is 10.2. The zero-order chi connectivity index (χ0) is 6.95. The minimum atomic E-state index is 1.41. The lowest BCUT2D eigenvalue weighted by Crippen LogP contribution is -2.07. The van der Waals surface area contributed by atoms with Crippen molar-refractivity contribution in [2.24, 2.45) is 10.6 Å². The van der Waals surface area contributed by atoms with E-state index in [0.717, 1.165) is 0 Å². The molecule has 0 amide bonds. The van der Waals surface area contributed by atoms with Gasteiger partial charge in [0.2, 0.25) is 0 Å². The van der Waals surface area contributed by atoms with Gasteiger partial charge in [0.25, 0.3) is 0 Å². The van der Waals surface area contributed by atoms with Crippen molar-refractivity contribution in [2.45, 2.75) is 0 Å². The van der Waals surface area contributed by atoms with Crippen LogP contribution in [0.4, 0.5) is 0 Å². The summed E-state index contributed by atoms with van der Waals surface area (Å²) in [5, 5.41) is 2.67. The van der Waals surface area contributed by atoms with Crippen molar-refractivity contribution in [3.8, 4) is 0 Å². The highest BCUT2D eigenvalue weighted by atomic mass is 14.8. The molecule has 0 saturated carbocycles. The highest BCUT2D eigenvalue weighted by molar-refractivity contribution is 6.32. The van der Waals surface area contributed by atoms with Crippen LogP contribution in [0.1, 0.15) is 0 Å². The maximum Gasteiger partial charge on any atom is 0.408 e. The van der Waals surface area contributed by atoms with Crippen molar-refractivity contribution < 1.29 is 0 Å². The first-order valence-electron chi connectivity index (χ1n) is 2.50. The predicted octanol–water partition coefficient (Wildman–Crippen LogP) is -0.203. The smallest absolute Gasteiger partial charge is 0.408 e. The fraction of sp³-hybridized carbons (Fsp3) is 0. The zero-order valence-corrected chi connectivity index (χ0v) is 5.12. The van der Waals surface area contributed by atoms with Gasteiger partial charge in [-0.3, -0.25) is 0 Å². The molecular formula is C5H9BN3. The third kappa shape index (κ3) is 6.81. The van der Waals surface area contributed by atoms with Crippen LogP contribution in [0, 0.1) is 0 Å². The standard InChI is InChI=1S/C5H9BN3/c1-2-8-6-9-5-3-4-7/h2-5,8H,1,7H2/b4-3-,9-5+. The van der Waals surface area contributed by atoms with Crippen LogP contribution in [0.3, 0.4) is 0 Å². The number of nitrogens with two attached hydrogens (primary N) is 1. The van der Waals surface area contributed by atoms with E-state index < -0.39 is 0 Å². The van der Waals surface area contributed by atoms with Crippen molar-refractivity contribution in [1.82, 2.24) is 5.23 Å². The first-order chi connectivity index (χ1) is 4.41. The molecular weight excluding hydrogens is 113 g/mol. The van der Waals surface area contributed by atoms with E-state index >= 15 is 0 Å². The Labute approximate surface area is 55.6 Å². The topological polar surface area (TPSA) is 50.4 Å². The van der Waals surface area contributed by atoms with Gasteiger partial charge >= 0.3 is 7.55 Å². The molecule has 3 N–H and O–H groups in total. The Morgan fingerprint density at radius 1 is 1.67 bits per heavy atom. The molecule has 47 valence electrons. The molecule has 1 radical (unpaired) electrons. The Hall–Kier alpha value is -1.19. The number of hydrogen-bond acceptors (Lipinski definition) is 3. The van der Waals surface area contributed by atoms with Gasteiger partial charge in [-0.25, -0.2) is 0 Å². The van der Waals surface area contributed by atoms with Gasteiger partial charge in [-0.2, -0.15) is 0 Å². The van der Waals surface area contributed by atoms with Gasteiger partial charge in [0.1, 0.15) is 0 Å². The summed E-state index contributed by atoms with van der Waals surface area (Å²) in [7, 11) is 1.51. The number of hydrogen-bond donors (Lipinski definition) is 2. The van der Waals surface area contributed by atoms with Crippen LogP contribution in [0.5, 0.6) is 0 Å². The quantitative estimate of drug-likeness (QED) is 0.308. The van der Waals surface area contributed by atoms with Crippen LogP contribution in [0.25, 0.3) is 0 Å². The van der Waals surface area contributed by atoms with E-state index in [1.165, 1.54) is 19.9 Å². The average molecular weight is 122 g/mol. The van der Waals surface area contributed by atoms with E-state index in [4.69, 9.17) is 5.73 Å². The Kier molecular flexibility index (Phi) is 5.92. The largest absolute Gasteiger partial charge is 0.417 e. The Morgan fingerprint density at radius 2 is 2.44 bits per heavy atom. The highest BCUT2D eigenvalue weighted by Crippen LogP contribution is 1.60. The van der Waals surface area contributed by atoms with Crippen molar-refractivity contribution in [2.75, 3.05) is 0 Å². The van der Waals surface area contributed by atoms with E-state index in [1.807, 2.05) is 0 Å². The predicted molar refractivity (Wildman–Crippen MR) is 40.9 cm³/mol. The summed E-state index contributed by atoms with van der Waals surface area (Å²) in [5.41, 5.74) is 5.02. The van der Waals surface area contributed by atoms with Gasteiger partial charge in [0, 0.05) is 6.21 Å². The second-order valence-corrected chi connectivity index (χ2v) is 1.18. The summed E-state index contributed by atoms with van der Waals surface area (Å²) in [6.07, 6.45) is 6.13. The van der Waals surface area contributed by atoms with Gasteiger partial charge in [-0.1, -0.05) is 6.58 Å². The number of nitrogens with zero attached hydrogens (tertiary/aromatic N) is 1. The van der Waals surface area contributed by atoms with Gasteiger partial charge in [-0.05, 0) is 18.5 Å². The number of allylic oxidation sites excluding steroid dienone is 1. The molecule has 0 aromatic heterocycles. The summed E-state index contributed by atoms with van der Waals surface area (Å²) in [4.78, 5) is 3.75. The van der Waals surface area contributed by atoms with Gasteiger partial charge in [-0.15, -0.1) is 0 Å². The van der Waals surface area contributed by atoms with Crippen LogP contribution >= 0.6 is 0 Å². The van der Waals surface area contributed by atoms with Crippen molar-refractivity contribution >= 4 is 13.8 Å². The molecule has 0 aromatic rings. The Morgan fingerprint density at radius 3 is 3.00 bits per heavy atom. The van der Waals surface area contributed by atoms with E-state index in [1.54, 1.807) is 12.3 Å². The summed E-state index contributed by atoms with van der Waals surface area (Å²) in [6.45, 7) is 3.42. The molecule has 3 nitrogen and oxygen atoms in total. The lowest BCUT2D eigenvalue weighted by molar-refractivity contribution is 1.35. The second-order valence-electron chi connectivity index (χ2n) is 1.18. The molecule has 9 heavy (non-hydrogen) atoms. The minimum Gasteiger partial charge on any atom is -0.417 e. The molecule has 0 rings (SSSR count). The molecule has 0 bridgehead atoms. The van der Waals surface area contributed by atoms with Crippen molar-refractivity contribution in [1.29, 1.82) is 0 Å². The summed E-state index contributed by atoms with van der Waals surface area (Å²) in [6, 6.07) is 0. The molecule has 0 atom stereocenters. The lowest BCUT2D eigenvalue weighted by Gasteiger charge is -1.84. The van der Waals surface area contributed by atoms with Crippen LogP contribution in [0.15, 0.2) is 30.0 Å². The third-order valence-corrected chi connectivity index (χ3v) is 0.550. The van der Waals surface area contributed by atoms with Crippen molar-refractivity contribution in [3.63, 3.8) is 0 Å². The maximum atomic E-state index is 5.02. The minimum absolute atomic E-state index is 1.41. The monoisotopic (exact) mass is 122 g/mol. The molecule has 0 fully saturated rings. The highest BCUT2D eigenvalue weighted by Gasteiger charge is 1.73. The lowest BCUT2D eigenvalue weighted by atomic mass is 10.2. The molecule has 0 aliphatic heterocycles. The van der Waals surface area contributed by atoms with E-state index in [2.05, 4.69) is 16.7 Å². The molecule has 0 heterocycles. The molecule has 0 saturated heterocycles. The number of rotatable bonds is 4. The fourth-order valence-corrected chi connectivity index (χ4v) is 0.238. The second kappa shape index (κ2) is 6.81. The fourth-order valence-electron chi connectivity index (χ4n) is 0.238. The van der Waals surface area contributed by atoms with Crippen LogP contribution in [-0.4, -0.2) is 13.8 Å². The SMILES string of the molecule is C=CN[B]/N=C/C=C\N. The van der Waals surface area contributed by atoms with Gasteiger partial charge < -0.3 is 15.9 Å². The third-order valence-electron chi connectivity index (χ3n) is 0.550. The summed E-state index contributed by atoms with van der Waals surface area (Å²) in [5.74, 6) is 0. The molecule has 0 aliphatic rings. The van der Waals surface area contributed by atoms with Crippen LogP contribution in [-0.2, 0) is 0 Å². The van der Waals surface area contributed by atoms with E-state index in [0.29, 0.717) is 0 Å². The van der Waals surface area contributed by atoms with Crippen LogP contribution in [0.2, 0.25) is 0 Å². The van der Waals surface area contributed by atoms with Crippen molar-refractivity contribution in [3.05, 3.63) is 25.1 Å². The average Bonchev–Trinajstić information content (AvgIpc) is 1.89. The summed E-state index contributed by atoms with van der Waals surface area (Å²) >= 11 is 0. The molecule has 0 aliphatic carbocycles. The first-order valence-corrected chi connectivity index (χ1v) is 2.50. The Balaban J connectivity index is 3.14. The maximum absolute atomic E-state index is 5.02. The van der Waals surface area contributed by atoms with E-state index in [9.17, 15) is 0 Å². The molecule has 0 aromatic carbocycles. The summed E-state index contributed by atoms with van der Waals surface area (Å²) < 4.78 is 0.